The lowest BCUT2D eigenvalue weighted by molar-refractivity contribution is 0.449. The molecule has 0 bridgehead atoms. The highest BCUT2D eigenvalue weighted by atomic mass is 32.2. The van der Waals surface area contributed by atoms with E-state index < -0.39 is 33.2 Å². The zero-order chi connectivity index (χ0) is 15.6. The van der Waals surface area contributed by atoms with Crippen molar-refractivity contribution in [3.05, 3.63) is 47.9 Å². The van der Waals surface area contributed by atoms with Crippen LogP contribution in [0.15, 0.2) is 35.4 Å². The predicted molar refractivity (Wildman–Crippen MR) is 70.9 cm³/mol. The predicted octanol–water partition coefficient (Wildman–Crippen LogP) is 2.34. The van der Waals surface area contributed by atoms with Crippen LogP contribution in [0.2, 0.25) is 0 Å². The molecule has 0 aliphatic carbocycles. The molecule has 1 heterocycles. The van der Waals surface area contributed by atoms with Gasteiger partial charge in [-0.25, -0.2) is 26.6 Å². The lowest BCUT2D eigenvalue weighted by Crippen LogP contribution is -2.16. The van der Waals surface area contributed by atoms with Crippen molar-refractivity contribution in [1.82, 2.24) is 4.98 Å². The van der Waals surface area contributed by atoms with Crippen LogP contribution in [0.3, 0.4) is 0 Å². The Morgan fingerprint density at radius 3 is 2.48 bits per heavy atom. The summed E-state index contributed by atoms with van der Waals surface area (Å²) in [7, 11) is -2.75. The summed E-state index contributed by atoms with van der Waals surface area (Å²) in [6.45, 7) is 0. The summed E-state index contributed by atoms with van der Waals surface area (Å²) in [5.41, 5.74) is -0.695. The largest absolute Gasteiger partial charge is 0.372 e. The van der Waals surface area contributed by atoms with Gasteiger partial charge in [-0.3, -0.25) is 4.72 Å². The van der Waals surface area contributed by atoms with E-state index in [-0.39, 0.29) is 10.7 Å². The van der Waals surface area contributed by atoms with Crippen molar-refractivity contribution in [3.63, 3.8) is 0 Å². The topological polar surface area (TPSA) is 71.1 Å². The molecule has 0 aliphatic rings. The number of sulfonamides is 1. The molecule has 0 fully saturated rings. The van der Waals surface area contributed by atoms with E-state index in [2.05, 4.69) is 10.3 Å². The third-order valence-corrected chi connectivity index (χ3v) is 3.97. The molecule has 0 radical (unpaired) electrons. The summed E-state index contributed by atoms with van der Waals surface area (Å²) < 4.78 is 65.6. The van der Waals surface area contributed by atoms with E-state index in [4.69, 9.17) is 0 Å². The van der Waals surface area contributed by atoms with Crippen LogP contribution < -0.4 is 10.0 Å². The van der Waals surface area contributed by atoms with Crippen LogP contribution in [-0.4, -0.2) is 20.4 Å². The average molecular weight is 317 g/mol. The number of halogens is 3. The minimum absolute atomic E-state index is 0.0352. The van der Waals surface area contributed by atoms with Crippen LogP contribution in [0.25, 0.3) is 0 Å². The van der Waals surface area contributed by atoms with E-state index in [1.807, 2.05) is 4.72 Å². The molecule has 0 aliphatic heterocycles. The van der Waals surface area contributed by atoms with Gasteiger partial charge in [-0.2, -0.15) is 0 Å². The van der Waals surface area contributed by atoms with Crippen molar-refractivity contribution in [1.29, 1.82) is 0 Å². The fraction of sp³-hybridized carbons (Fsp3) is 0.0833. The lowest BCUT2D eigenvalue weighted by atomic mass is 10.3. The van der Waals surface area contributed by atoms with Gasteiger partial charge in [0.05, 0.1) is 5.69 Å². The molecule has 2 N–H and O–H groups in total. The van der Waals surface area contributed by atoms with Crippen LogP contribution in [0.1, 0.15) is 0 Å². The zero-order valence-electron chi connectivity index (χ0n) is 10.7. The molecule has 1 aromatic carbocycles. The van der Waals surface area contributed by atoms with Crippen molar-refractivity contribution in [3.8, 4) is 0 Å². The molecule has 0 saturated carbocycles. The first-order valence-electron chi connectivity index (χ1n) is 5.66. The van der Waals surface area contributed by atoms with E-state index in [9.17, 15) is 21.6 Å². The molecular formula is C12H10F3N3O2S. The first-order valence-corrected chi connectivity index (χ1v) is 7.14. The first kappa shape index (κ1) is 15.1. The Balaban J connectivity index is 2.45. The number of hydrogen-bond acceptors (Lipinski definition) is 4. The van der Waals surface area contributed by atoms with Crippen molar-refractivity contribution in [2.24, 2.45) is 0 Å². The van der Waals surface area contributed by atoms with Gasteiger partial charge >= 0.3 is 0 Å². The van der Waals surface area contributed by atoms with Crippen molar-refractivity contribution in [2.45, 2.75) is 4.90 Å². The van der Waals surface area contributed by atoms with Crippen LogP contribution >= 0.6 is 0 Å². The summed E-state index contributed by atoms with van der Waals surface area (Å²) in [4.78, 5) is 3.55. The molecule has 0 spiro atoms. The zero-order valence-corrected chi connectivity index (χ0v) is 11.5. The molecule has 1 aromatic heterocycles. The normalized spacial score (nSPS) is 11.2. The molecule has 112 valence electrons. The Morgan fingerprint density at radius 1 is 1.10 bits per heavy atom. The van der Waals surface area contributed by atoms with E-state index in [1.54, 1.807) is 0 Å². The molecule has 5 nitrogen and oxygen atoms in total. The maximum atomic E-state index is 13.5. The Kier molecular flexibility index (Phi) is 4.03. The van der Waals surface area contributed by atoms with Gasteiger partial charge in [-0.05, 0) is 24.3 Å². The highest BCUT2D eigenvalue weighted by Gasteiger charge is 2.22. The molecule has 2 rings (SSSR count). The van der Waals surface area contributed by atoms with E-state index in [1.165, 1.54) is 25.4 Å². The number of rotatable bonds is 4. The Hall–Kier alpha value is -2.29. The minimum atomic E-state index is -4.21. The maximum Gasteiger partial charge on any atom is 0.265 e. The van der Waals surface area contributed by atoms with E-state index >= 15 is 0 Å². The van der Waals surface area contributed by atoms with Gasteiger partial charge < -0.3 is 5.32 Å². The molecule has 0 amide bonds. The van der Waals surface area contributed by atoms with Crippen LogP contribution in [0.4, 0.5) is 24.7 Å². The second-order valence-electron chi connectivity index (χ2n) is 3.93. The fourth-order valence-electron chi connectivity index (χ4n) is 1.60. The minimum Gasteiger partial charge on any atom is -0.372 e. The van der Waals surface area contributed by atoms with E-state index in [0.29, 0.717) is 6.07 Å². The molecule has 21 heavy (non-hydrogen) atoms. The summed E-state index contributed by atoms with van der Waals surface area (Å²) >= 11 is 0. The third kappa shape index (κ3) is 2.92. The van der Waals surface area contributed by atoms with Gasteiger partial charge in [-0.1, -0.05) is 0 Å². The van der Waals surface area contributed by atoms with Crippen LogP contribution in [-0.2, 0) is 10.0 Å². The summed E-state index contributed by atoms with van der Waals surface area (Å²) in [5, 5.41) is 2.56. The van der Waals surface area contributed by atoms with Gasteiger partial charge in [0.25, 0.3) is 10.0 Å². The average Bonchev–Trinajstić information content (AvgIpc) is 2.48. The molecule has 2 aromatic rings. The van der Waals surface area contributed by atoms with Crippen LogP contribution in [0.5, 0.6) is 0 Å². The maximum absolute atomic E-state index is 13.5. The number of pyridine rings is 1. The number of nitrogens with one attached hydrogen (secondary N) is 2. The summed E-state index contributed by atoms with van der Waals surface area (Å²) in [6.07, 6.45) is 1.36. The number of hydrogen-bond donors (Lipinski definition) is 2. The molecule has 0 atom stereocenters. The SMILES string of the molecule is CNc1ncccc1S(=O)(=O)Nc1ccc(F)c(F)c1F. The van der Waals surface area contributed by atoms with Gasteiger partial charge in [0, 0.05) is 13.2 Å². The van der Waals surface area contributed by atoms with Crippen molar-refractivity contribution >= 4 is 21.5 Å². The van der Waals surface area contributed by atoms with Gasteiger partial charge in [0.1, 0.15) is 10.7 Å². The quantitative estimate of drug-likeness (QED) is 0.849. The standard InChI is InChI=1S/C12H10F3N3O2S/c1-16-12-9(3-2-6-17-12)21(19,20)18-8-5-4-7(13)10(14)11(8)15/h2-6,18H,1H3,(H,16,17). The summed E-state index contributed by atoms with van der Waals surface area (Å²) in [6, 6.07) is 4.02. The second kappa shape index (κ2) is 5.60. The van der Waals surface area contributed by atoms with Gasteiger partial charge in [0.2, 0.25) is 0 Å². The lowest BCUT2D eigenvalue weighted by Gasteiger charge is -2.12. The highest BCUT2D eigenvalue weighted by molar-refractivity contribution is 7.92. The molecule has 0 unspecified atom stereocenters. The number of benzene rings is 1. The number of anilines is 2. The smallest absolute Gasteiger partial charge is 0.265 e. The Morgan fingerprint density at radius 2 is 1.81 bits per heavy atom. The third-order valence-electron chi connectivity index (χ3n) is 2.58. The Labute approximate surface area is 118 Å². The van der Waals surface area contributed by atoms with Crippen molar-refractivity contribution in [2.75, 3.05) is 17.1 Å². The highest BCUT2D eigenvalue weighted by Crippen LogP contribution is 2.25. The van der Waals surface area contributed by atoms with Crippen molar-refractivity contribution < 1.29 is 21.6 Å². The monoisotopic (exact) mass is 317 g/mol. The summed E-state index contributed by atoms with van der Waals surface area (Å²) in [5.74, 6) is -4.75. The first-order chi connectivity index (χ1) is 9.86. The molecule has 0 saturated heterocycles. The van der Waals surface area contributed by atoms with Crippen LogP contribution in [0, 0.1) is 17.5 Å². The molecule has 9 heteroatoms. The Bertz CT molecular complexity index is 781. The van der Waals surface area contributed by atoms with Gasteiger partial charge in [0.15, 0.2) is 17.5 Å². The van der Waals surface area contributed by atoms with Gasteiger partial charge in [-0.15, -0.1) is 0 Å². The second-order valence-corrected chi connectivity index (χ2v) is 5.58. The fourth-order valence-corrected chi connectivity index (χ4v) is 2.82. The number of nitrogens with zero attached hydrogens (tertiary/aromatic N) is 1. The van der Waals surface area contributed by atoms with E-state index in [0.717, 1.165) is 6.07 Å². The number of aromatic nitrogens is 1. The molecular weight excluding hydrogens is 307 g/mol.